The minimum Gasteiger partial charge on any atom is -0.510 e. The van der Waals surface area contributed by atoms with Crippen molar-refractivity contribution in [2.75, 3.05) is 27.2 Å². The minimum atomic E-state index is -2.66. The number of ketones is 2. The molecule has 3 aliphatic carbocycles. The number of likely N-dealkylation sites (N-methyl/N-ethyl adjacent to an activating group) is 1. The maximum absolute atomic E-state index is 13.9. The summed E-state index contributed by atoms with van der Waals surface area (Å²) in [6.45, 7) is 2.69. The molecular weight excluding hydrogens is 530 g/mol. The summed E-state index contributed by atoms with van der Waals surface area (Å²) in [5.41, 5.74) is 2.82. The third-order valence-corrected chi connectivity index (χ3v) is 9.11. The molecule has 11 heteroatoms. The normalized spacial score (nSPS) is 28.2. The first-order valence-corrected chi connectivity index (χ1v) is 13.8. The van der Waals surface area contributed by atoms with E-state index >= 15 is 0 Å². The number of benzene rings is 1. The molecule has 1 fully saturated rings. The molecule has 0 unspecified atom stereocenters. The van der Waals surface area contributed by atoms with Gasteiger partial charge in [0.1, 0.15) is 34.4 Å². The molecule has 1 amide bonds. The fourth-order valence-corrected chi connectivity index (χ4v) is 7.25. The summed E-state index contributed by atoms with van der Waals surface area (Å²) < 4.78 is 6.17. The zero-order valence-electron chi connectivity index (χ0n) is 22.9. The molecule has 41 heavy (non-hydrogen) atoms. The van der Waals surface area contributed by atoms with Crippen molar-refractivity contribution >= 4 is 17.5 Å². The number of rotatable bonds is 5. The topological polar surface area (TPSA) is 178 Å². The van der Waals surface area contributed by atoms with Crippen molar-refractivity contribution in [1.29, 1.82) is 0 Å². The van der Waals surface area contributed by atoms with Crippen molar-refractivity contribution in [2.45, 2.75) is 43.9 Å². The number of phenols is 1. The van der Waals surface area contributed by atoms with Crippen molar-refractivity contribution < 1.29 is 39.2 Å². The lowest BCUT2D eigenvalue weighted by Crippen LogP contribution is -2.63. The second-order valence-corrected chi connectivity index (χ2v) is 11.7. The summed E-state index contributed by atoms with van der Waals surface area (Å²) in [5, 5.41) is 44.9. The van der Waals surface area contributed by atoms with Crippen molar-refractivity contribution in [2.24, 2.45) is 17.6 Å². The number of allylic oxidation sites excluding steroid dienone is 1. The Balaban J connectivity index is 1.45. The van der Waals surface area contributed by atoms with Crippen LogP contribution in [0, 0.1) is 11.8 Å². The fraction of sp³-hybridized carbons (Fsp3) is 0.433. The van der Waals surface area contributed by atoms with E-state index in [1.807, 2.05) is 12.1 Å². The van der Waals surface area contributed by atoms with Gasteiger partial charge in [0, 0.05) is 17.1 Å². The number of carbonyl (C=O) groups excluding carboxylic acids is 3. The van der Waals surface area contributed by atoms with E-state index in [-0.39, 0.29) is 29.7 Å². The number of aliphatic hydroxyl groups excluding tert-OH is 2. The van der Waals surface area contributed by atoms with Crippen LogP contribution in [0.1, 0.15) is 40.9 Å². The van der Waals surface area contributed by atoms with Gasteiger partial charge in [0.15, 0.2) is 11.4 Å². The summed E-state index contributed by atoms with van der Waals surface area (Å²) in [6.07, 6.45) is 2.53. The lowest BCUT2D eigenvalue weighted by molar-refractivity contribution is -0.148. The Morgan fingerprint density at radius 3 is 2.49 bits per heavy atom. The van der Waals surface area contributed by atoms with E-state index in [1.165, 1.54) is 11.0 Å². The average Bonchev–Trinajstić information content (AvgIpc) is 3.59. The van der Waals surface area contributed by atoms with Gasteiger partial charge < -0.3 is 30.6 Å². The Labute approximate surface area is 236 Å². The van der Waals surface area contributed by atoms with Crippen LogP contribution in [0.3, 0.4) is 0 Å². The number of hydrogen-bond donors (Lipinski definition) is 5. The molecule has 4 aliphatic rings. The van der Waals surface area contributed by atoms with E-state index < -0.39 is 58.0 Å². The quantitative estimate of drug-likeness (QED) is 0.338. The number of fused-ring (bicyclic) bond motifs is 3. The largest absolute Gasteiger partial charge is 0.510 e. The lowest BCUT2D eigenvalue weighted by atomic mass is 9.58. The standard InChI is InChI=1S/C30H33N3O8/c1-32(2)24-18-12-14-11-17-16(20-8-5-15(41-20)13-33-9-3-4-10-33)6-7-19(34)22(17)25(35)21(14)27(37)30(18,40)28(38)23(26(24)36)29(31)39/h5-8,14,18,24,34,36-37,40H,3-4,9-13H2,1-2H3,(H2,31,39)/t14-,18+,24-,30-/m0/s1. The van der Waals surface area contributed by atoms with Crippen LogP contribution in [0.15, 0.2) is 51.3 Å². The monoisotopic (exact) mass is 563 g/mol. The molecule has 1 aliphatic heterocycles. The second-order valence-electron chi connectivity index (χ2n) is 11.7. The van der Waals surface area contributed by atoms with E-state index in [0.29, 0.717) is 23.4 Å². The average molecular weight is 564 g/mol. The van der Waals surface area contributed by atoms with Gasteiger partial charge in [-0.3, -0.25) is 24.2 Å². The molecule has 6 N–H and O–H groups in total. The highest BCUT2D eigenvalue weighted by Gasteiger charge is 2.63. The molecule has 1 saturated heterocycles. The zero-order valence-corrected chi connectivity index (χ0v) is 22.9. The van der Waals surface area contributed by atoms with E-state index in [4.69, 9.17) is 10.2 Å². The molecule has 1 aromatic heterocycles. The van der Waals surface area contributed by atoms with Gasteiger partial charge in [0.25, 0.3) is 5.91 Å². The number of phenolic OH excluding ortho intramolecular Hbond substituents is 1. The number of furan rings is 1. The molecule has 0 bridgehead atoms. The van der Waals surface area contributed by atoms with Crippen molar-refractivity contribution in [1.82, 2.24) is 9.80 Å². The highest BCUT2D eigenvalue weighted by Crippen LogP contribution is 2.53. The van der Waals surface area contributed by atoms with Gasteiger partial charge in [0.2, 0.25) is 5.78 Å². The number of amides is 1. The number of nitrogens with two attached hydrogens (primary N) is 1. The number of Topliss-reactive ketones (excluding diaryl/α,β-unsaturated/α-hetero) is 2. The first kappa shape index (κ1) is 27.3. The van der Waals surface area contributed by atoms with Crippen molar-refractivity contribution in [3.63, 3.8) is 0 Å². The number of nitrogens with zero attached hydrogens (tertiary/aromatic N) is 2. The summed E-state index contributed by atoms with van der Waals surface area (Å²) >= 11 is 0. The molecule has 0 radical (unpaired) electrons. The maximum Gasteiger partial charge on any atom is 0.255 e. The second kappa shape index (κ2) is 9.57. The summed E-state index contributed by atoms with van der Waals surface area (Å²) in [4.78, 5) is 43.3. The molecule has 216 valence electrons. The van der Waals surface area contributed by atoms with Gasteiger partial charge >= 0.3 is 0 Å². The molecule has 6 rings (SSSR count). The molecule has 1 aromatic carbocycles. The predicted octanol–water partition coefficient (Wildman–Crippen LogP) is 1.98. The molecule has 0 saturated carbocycles. The van der Waals surface area contributed by atoms with Gasteiger partial charge in [-0.25, -0.2) is 0 Å². The molecule has 2 heterocycles. The first-order valence-electron chi connectivity index (χ1n) is 13.8. The Morgan fingerprint density at radius 1 is 1.12 bits per heavy atom. The third-order valence-electron chi connectivity index (χ3n) is 9.11. The van der Waals surface area contributed by atoms with Crippen LogP contribution >= 0.6 is 0 Å². The summed E-state index contributed by atoms with van der Waals surface area (Å²) in [7, 11) is 3.19. The highest BCUT2D eigenvalue weighted by atomic mass is 16.4. The van der Waals surface area contributed by atoms with Gasteiger partial charge in [-0.2, -0.15) is 0 Å². The zero-order chi connectivity index (χ0) is 29.4. The van der Waals surface area contributed by atoms with Crippen LogP contribution in [0.2, 0.25) is 0 Å². The summed E-state index contributed by atoms with van der Waals surface area (Å²) in [5.74, 6) is -5.42. The van der Waals surface area contributed by atoms with E-state index in [9.17, 15) is 34.8 Å². The lowest BCUT2D eigenvalue weighted by Gasteiger charge is -2.50. The van der Waals surface area contributed by atoms with Gasteiger partial charge in [-0.05, 0) is 88.6 Å². The number of carbonyl (C=O) groups is 3. The van der Waals surface area contributed by atoms with E-state index in [0.717, 1.165) is 31.7 Å². The molecule has 2 aromatic rings. The van der Waals surface area contributed by atoms with Crippen LogP contribution in [-0.4, -0.2) is 86.5 Å². The molecule has 4 atom stereocenters. The minimum absolute atomic E-state index is 0.0270. The Hall–Kier alpha value is -3.93. The Morgan fingerprint density at radius 2 is 1.83 bits per heavy atom. The highest BCUT2D eigenvalue weighted by molar-refractivity contribution is 6.24. The maximum atomic E-state index is 13.9. The smallest absolute Gasteiger partial charge is 0.255 e. The van der Waals surface area contributed by atoms with Crippen molar-refractivity contribution in [3.05, 3.63) is 63.8 Å². The van der Waals surface area contributed by atoms with Crippen LogP contribution < -0.4 is 5.73 Å². The van der Waals surface area contributed by atoms with E-state index in [2.05, 4.69) is 4.90 Å². The number of aromatic hydroxyl groups is 1. The summed E-state index contributed by atoms with van der Waals surface area (Å²) in [6, 6.07) is 5.76. The van der Waals surface area contributed by atoms with Gasteiger partial charge in [-0.15, -0.1) is 0 Å². The Bertz CT molecular complexity index is 1550. The number of aliphatic hydroxyl groups is 3. The van der Waals surface area contributed by atoms with Crippen LogP contribution in [-0.2, 0) is 22.6 Å². The van der Waals surface area contributed by atoms with Gasteiger partial charge in [-0.1, -0.05) is 0 Å². The SMILES string of the molecule is CN(C)[C@@H]1C(O)=C(C(N)=O)C(=O)[C@@]2(O)C(O)=C3C(=O)c4c(O)ccc(-c5ccc(CN6CCCC6)o5)c4C[C@H]3C[C@H]12. The third kappa shape index (κ3) is 3.94. The van der Waals surface area contributed by atoms with Crippen LogP contribution in [0.4, 0.5) is 0 Å². The van der Waals surface area contributed by atoms with E-state index in [1.54, 1.807) is 20.2 Å². The molecule has 11 nitrogen and oxygen atoms in total. The molecule has 0 spiro atoms. The van der Waals surface area contributed by atoms with Crippen molar-refractivity contribution in [3.8, 4) is 17.1 Å². The number of hydrogen-bond acceptors (Lipinski definition) is 10. The predicted molar refractivity (Wildman–Crippen MR) is 146 cm³/mol. The van der Waals surface area contributed by atoms with Crippen LogP contribution in [0.25, 0.3) is 11.3 Å². The number of likely N-dealkylation sites (tertiary alicyclic amines) is 1. The van der Waals surface area contributed by atoms with Gasteiger partial charge in [0.05, 0.1) is 18.2 Å². The Kier molecular flexibility index (Phi) is 6.36. The number of primary amides is 1. The van der Waals surface area contributed by atoms with Crippen LogP contribution in [0.5, 0.6) is 5.75 Å². The fourth-order valence-electron chi connectivity index (χ4n) is 7.25. The molecular formula is C30H33N3O8. The first-order chi connectivity index (χ1) is 19.4.